The van der Waals surface area contributed by atoms with Gasteiger partial charge in [-0.05, 0) is 67.5 Å². The number of esters is 1. The normalized spacial score (nSPS) is 22.7. The molecule has 0 aromatic heterocycles. The molecule has 0 bridgehead atoms. The predicted molar refractivity (Wildman–Crippen MR) is 119 cm³/mol. The number of hydrogen-bond donors (Lipinski definition) is 1. The van der Waals surface area contributed by atoms with Crippen LogP contribution in [0.15, 0.2) is 54.6 Å². The molecule has 3 aliphatic rings. The Morgan fingerprint density at radius 3 is 2.24 bits per heavy atom. The number of benzene rings is 2. The molecular weight excluding hydrogens is 445 g/mol. The fourth-order valence-electron chi connectivity index (χ4n) is 4.77. The van der Waals surface area contributed by atoms with Crippen molar-refractivity contribution in [3.8, 4) is 0 Å². The van der Waals surface area contributed by atoms with Crippen molar-refractivity contribution in [1.29, 1.82) is 0 Å². The number of halogens is 3. The molecule has 34 heavy (non-hydrogen) atoms. The van der Waals surface area contributed by atoms with Gasteiger partial charge in [0.25, 0.3) is 0 Å². The Bertz CT molecular complexity index is 1060. The van der Waals surface area contributed by atoms with Gasteiger partial charge >= 0.3 is 12.1 Å². The summed E-state index contributed by atoms with van der Waals surface area (Å²) >= 11 is 0. The molecule has 2 saturated carbocycles. The second-order valence-corrected chi connectivity index (χ2v) is 9.87. The number of carbonyl (C=O) groups is 2. The Morgan fingerprint density at radius 2 is 1.65 bits per heavy atom. The molecule has 1 spiro atoms. The minimum atomic E-state index is -4.37. The largest absolute Gasteiger partial charge is 0.435 e. The van der Waals surface area contributed by atoms with E-state index in [1.54, 1.807) is 24.3 Å². The van der Waals surface area contributed by atoms with Gasteiger partial charge in [-0.15, -0.1) is 0 Å². The molecule has 5 rings (SSSR count). The number of nitrogens with zero attached hydrogens (tertiary/aromatic N) is 1. The summed E-state index contributed by atoms with van der Waals surface area (Å²) in [5.74, 6) is -0.654. The van der Waals surface area contributed by atoms with Crippen LogP contribution in [-0.2, 0) is 22.3 Å². The summed E-state index contributed by atoms with van der Waals surface area (Å²) < 4.78 is 44.4. The van der Waals surface area contributed by atoms with E-state index in [9.17, 15) is 22.8 Å². The van der Waals surface area contributed by atoms with Crippen LogP contribution in [-0.4, -0.2) is 35.1 Å². The van der Waals surface area contributed by atoms with Gasteiger partial charge in [-0.2, -0.15) is 13.2 Å². The summed E-state index contributed by atoms with van der Waals surface area (Å²) in [6, 6.07) is 13.4. The minimum Gasteiger partial charge on any atom is -0.435 e. The van der Waals surface area contributed by atoms with E-state index in [2.05, 4.69) is 5.32 Å². The Labute approximate surface area is 196 Å². The van der Waals surface area contributed by atoms with Crippen LogP contribution >= 0.6 is 0 Å². The summed E-state index contributed by atoms with van der Waals surface area (Å²) in [6.45, 7) is 1.10. The topological polar surface area (TPSA) is 58.6 Å². The van der Waals surface area contributed by atoms with E-state index in [1.165, 1.54) is 12.1 Å². The first kappa shape index (κ1) is 22.9. The number of likely N-dealkylation sites (tertiary alicyclic amines) is 1. The molecule has 1 heterocycles. The quantitative estimate of drug-likeness (QED) is 0.479. The third-order valence-electron chi connectivity index (χ3n) is 7.28. The molecule has 1 atom stereocenters. The molecular formula is C26H27F3N2O3. The lowest BCUT2D eigenvalue weighted by Gasteiger charge is -2.39. The van der Waals surface area contributed by atoms with Crippen molar-refractivity contribution in [2.45, 2.75) is 63.0 Å². The molecule has 2 aliphatic carbocycles. The molecule has 8 heteroatoms. The number of carbonyl (C=O) groups excluding carboxylic acids is 2. The van der Waals surface area contributed by atoms with Crippen LogP contribution < -0.4 is 5.32 Å². The van der Waals surface area contributed by atoms with Crippen LogP contribution in [0.4, 0.5) is 13.2 Å². The highest BCUT2D eigenvalue weighted by molar-refractivity contribution is 5.90. The molecule has 5 nitrogen and oxygen atoms in total. The first-order chi connectivity index (χ1) is 16.2. The highest BCUT2D eigenvalue weighted by Gasteiger charge is 2.53. The van der Waals surface area contributed by atoms with Crippen LogP contribution in [0.3, 0.4) is 0 Å². The van der Waals surface area contributed by atoms with Crippen molar-refractivity contribution in [2.24, 2.45) is 5.41 Å². The van der Waals surface area contributed by atoms with Gasteiger partial charge in [0.15, 0.2) is 5.72 Å². The van der Waals surface area contributed by atoms with Crippen molar-refractivity contribution in [3.05, 3.63) is 71.3 Å². The van der Waals surface area contributed by atoms with Gasteiger partial charge in [0.1, 0.15) is 0 Å². The van der Waals surface area contributed by atoms with Gasteiger partial charge in [-0.3, -0.25) is 9.69 Å². The van der Waals surface area contributed by atoms with Crippen LogP contribution in [0.25, 0.3) is 0 Å². The first-order valence-electron chi connectivity index (χ1n) is 11.7. The monoisotopic (exact) mass is 472 g/mol. The average Bonchev–Trinajstić information content (AvgIpc) is 3.74. The molecule has 2 aromatic carbocycles. The number of rotatable bonds is 6. The van der Waals surface area contributed by atoms with E-state index in [4.69, 9.17) is 4.74 Å². The maximum Gasteiger partial charge on any atom is 0.416 e. The Morgan fingerprint density at radius 1 is 0.971 bits per heavy atom. The van der Waals surface area contributed by atoms with Crippen molar-refractivity contribution in [2.75, 3.05) is 6.54 Å². The van der Waals surface area contributed by atoms with Crippen LogP contribution in [0, 0.1) is 5.41 Å². The molecule has 1 N–H and O–H groups in total. The fraction of sp³-hybridized carbons (Fsp3) is 0.462. The summed E-state index contributed by atoms with van der Waals surface area (Å²) in [7, 11) is 0. The molecule has 1 aliphatic heterocycles. The van der Waals surface area contributed by atoms with E-state index in [0.29, 0.717) is 37.9 Å². The van der Waals surface area contributed by atoms with Crippen molar-refractivity contribution in [1.82, 2.24) is 10.2 Å². The number of piperidine rings is 1. The van der Waals surface area contributed by atoms with E-state index in [0.717, 1.165) is 37.0 Å². The van der Waals surface area contributed by atoms with Gasteiger partial charge in [0.2, 0.25) is 5.91 Å². The molecule has 1 amide bonds. The Balaban J connectivity index is 1.27. The Hall–Kier alpha value is -2.87. The van der Waals surface area contributed by atoms with Gasteiger partial charge in [-0.25, -0.2) is 4.79 Å². The predicted octanol–water partition coefficient (Wildman–Crippen LogP) is 4.91. The molecule has 2 aromatic rings. The van der Waals surface area contributed by atoms with E-state index in [-0.39, 0.29) is 11.3 Å². The van der Waals surface area contributed by atoms with Gasteiger partial charge in [0, 0.05) is 19.4 Å². The van der Waals surface area contributed by atoms with Gasteiger partial charge < -0.3 is 10.1 Å². The van der Waals surface area contributed by atoms with E-state index in [1.807, 2.05) is 11.0 Å². The number of alkyl halides is 3. The molecule has 1 saturated heterocycles. The lowest BCUT2D eigenvalue weighted by atomic mass is 9.87. The summed E-state index contributed by atoms with van der Waals surface area (Å²) in [4.78, 5) is 27.9. The Kier molecular flexibility index (Phi) is 5.67. The minimum absolute atomic E-state index is 0.184. The molecule has 0 radical (unpaired) electrons. The lowest BCUT2D eigenvalue weighted by molar-refractivity contribution is -0.137. The summed E-state index contributed by atoms with van der Waals surface area (Å²) in [5.41, 5.74) is -0.304. The number of nitrogens with one attached hydrogen (secondary N) is 1. The van der Waals surface area contributed by atoms with Gasteiger partial charge in [0.05, 0.1) is 17.2 Å². The summed E-state index contributed by atoms with van der Waals surface area (Å²) in [6.07, 6.45) is 0.633. The second-order valence-electron chi connectivity index (χ2n) is 9.87. The van der Waals surface area contributed by atoms with Crippen molar-refractivity contribution in [3.63, 3.8) is 0 Å². The average molecular weight is 473 g/mol. The van der Waals surface area contributed by atoms with Crippen LogP contribution in [0.2, 0.25) is 0 Å². The summed E-state index contributed by atoms with van der Waals surface area (Å²) in [5, 5.41) is 2.98. The zero-order chi connectivity index (χ0) is 24.0. The van der Waals surface area contributed by atoms with Crippen molar-refractivity contribution >= 4 is 11.9 Å². The molecule has 1 unspecified atom stereocenters. The van der Waals surface area contributed by atoms with Gasteiger partial charge in [-0.1, -0.05) is 30.3 Å². The number of ether oxygens (including phenoxy) is 1. The SMILES string of the molecule is O=C(OC1(NC(=O)C2CC3(CCN2Cc2ccc(C(F)(F)F)cc2)CC3)CC1)c1ccccc1. The first-order valence-corrected chi connectivity index (χ1v) is 11.7. The second kappa shape index (κ2) is 8.41. The highest BCUT2D eigenvalue weighted by Crippen LogP contribution is 2.55. The third kappa shape index (κ3) is 4.97. The number of hydrogen-bond acceptors (Lipinski definition) is 4. The maximum absolute atomic E-state index is 13.4. The maximum atomic E-state index is 13.4. The van der Waals surface area contributed by atoms with E-state index < -0.39 is 29.5 Å². The zero-order valence-electron chi connectivity index (χ0n) is 18.7. The fourth-order valence-corrected chi connectivity index (χ4v) is 4.77. The van der Waals surface area contributed by atoms with Crippen LogP contribution in [0.5, 0.6) is 0 Å². The van der Waals surface area contributed by atoms with Crippen LogP contribution in [0.1, 0.15) is 60.0 Å². The molecule has 3 fully saturated rings. The van der Waals surface area contributed by atoms with Crippen molar-refractivity contribution < 1.29 is 27.5 Å². The standard InChI is InChI=1S/C26H27F3N2O3/c27-26(28,29)20-8-6-18(7-9-20)17-31-15-14-24(10-11-24)16-21(31)22(32)30-25(12-13-25)34-23(33)19-4-2-1-3-5-19/h1-9,21H,10-17H2,(H,30,32). The number of amides is 1. The zero-order valence-corrected chi connectivity index (χ0v) is 18.7. The lowest BCUT2D eigenvalue weighted by Crippen LogP contribution is -2.54. The van der Waals surface area contributed by atoms with E-state index >= 15 is 0 Å². The highest BCUT2D eigenvalue weighted by atomic mass is 19.4. The molecule has 180 valence electrons. The third-order valence-corrected chi connectivity index (χ3v) is 7.28. The smallest absolute Gasteiger partial charge is 0.416 e.